The number of piperazine rings is 1. The smallest absolute Gasteiger partial charge is 0.407 e. The molecule has 0 aliphatic carbocycles. The van der Waals surface area contributed by atoms with Gasteiger partial charge in [0.1, 0.15) is 5.82 Å². The predicted octanol–water partition coefficient (Wildman–Crippen LogP) is 2.49. The van der Waals surface area contributed by atoms with Gasteiger partial charge >= 0.3 is 6.09 Å². The maximum absolute atomic E-state index is 11.1. The van der Waals surface area contributed by atoms with Gasteiger partial charge in [-0.15, -0.1) is 0 Å². The van der Waals surface area contributed by atoms with Gasteiger partial charge in [-0.25, -0.2) is 14.8 Å². The highest BCUT2D eigenvalue weighted by Crippen LogP contribution is 2.29. The molecule has 4 rings (SSSR count). The van der Waals surface area contributed by atoms with Crippen LogP contribution in [0.15, 0.2) is 30.3 Å². The molecule has 7 nitrogen and oxygen atoms in total. The molecule has 1 amide bonds. The molecule has 1 saturated heterocycles. The molecule has 8 heteroatoms. The molecule has 0 saturated carbocycles. The van der Waals surface area contributed by atoms with E-state index < -0.39 is 6.09 Å². The monoisotopic (exact) mass is 387 g/mol. The standard InChI is InChI=1S/C19H22ClN5O2/c20-18-21-16-13-23(12-14-4-2-1-3-5-14)7-6-15(16)17(22-18)24-8-10-25(11-9-24)19(26)27/h1-5H,6-13H2,(H,26,27). The molecule has 0 bridgehead atoms. The van der Waals surface area contributed by atoms with Gasteiger partial charge in [-0.05, 0) is 23.6 Å². The highest BCUT2D eigenvalue weighted by molar-refractivity contribution is 6.28. The maximum atomic E-state index is 11.1. The molecule has 3 heterocycles. The van der Waals surface area contributed by atoms with Crippen LogP contribution < -0.4 is 4.90 Å². The molecule has 1 fully saturated rings. The summed E-state index contributed by atoms with van der Waals surface area (Å²) in [5.41, 5.74) is 3.41. The van der Waals surface area contributed by atoms with Crippen molar-refractivity contribution in [1.29, 1.82) is 0 Å². The molecule has 0 unspecified atom stereocenters. The molecule has 27 heavy (non-hydrogen) atoms. The van der Waals surface area contributed by atoms with Gasteiger partial charge in [-0.3, -0.25) is 4.90 Å². The highest BCUT2D eigenvalue weighted by atomic mass is 35.5. The number of benzene rings is 1. The average molecular weight is 388 g/mol. The lowest BCUT2D eigenvalue weighted by Gasteiger charge is -2.36. The quantitative estimate of drug-likeness (QED) is 0.816. The van der Waals surface area contributed by atoms with E-state index in [1.54, 1.807) is 0 Å². The van der Waals surface area contributed by atoms with Crippen LogP contribution >= 0.6 is 11.6 Å². The van der Waals surface area contributed by atoms with E-state index >= 15 is 0 Å². The number of hydrogen-bond donors (Lipinski definition) is 1. The molecule has 142 valence electrons. The number of fused-ring (bicyclic) bond motifs is 1. The molecule has 2 aromatic rings. The van der Waals surface area contributed by atoms with E-state index in [1.807, 2.05) is 6.07 Å². The minimum atomic E-state index is -0.867. The lowest BCUT2D eigenvalue weighted by atomic mass is 10.0. The van der Waals surface area contributed by atoms with Gasteiger partial charge in [0.2, 0.25) is 5.28 Å². The summed E-state index contributed by atoms with van der Waals surface area (Å²) in [4.78, 5) is 26.0. The highest BCUT2D eigenvalue weighted by Gasteiger charge is 2.27. The Kier molecular flexibility index (Phi) is 5.13. The largest absolute Gasteiger partial charge is 0.465 e. The van der Waals surface area contributed by atoms with Gasteiger partial charge in [0, 0.05) is 51.4 Å². The van der Waals surface area contributed by atoms with Crippen molar-refractivity contribution >= 4 is 23.5 Å². The van der Waals surface area contributed by atoms with Crippen molar-refractivity contribution in [1.82, 2.24) is 19.8 Å². The van der Waals surface area contributed by atoms with Crippen molar-refractivity contribution in [3.8, 4) is 0 Å². The third-order valence-corrected chi connectivity index (χ3v) is 5.36. The summed E-state index contributed by atoms with van der Waals surface area (Å²) in [5, 5.41) is 9.39. The summed E-state index contributed by atoms with van der Waals surface area (Å²) in [7, 11) is 0. The Balaban J connectivity index is 1.51. The number of hydrogen-bond acceptors (Lipinski definition) is 5. The van der Waals surface area contributed by atoms with Crippen LogP contribution in [-0.4, -0.2) is 63.7 Å². The molecule has 1 aromatic carbocycles. The van der Waals surface area contributed by atoms with E-state index in [9.17, 15) is 4.79 Å². The molecule has 2 aliphatic rings. The second-order valence-electron chi connectivity index (χ2n) is 6.94. The summed E-state index contributed by atoms with van der Waals surface area (Å²) >= 11 is 6.22. The molecule has 1 N–H and O–H groups in total. The van der Waals surface area contributed by atoms with Gasteiger partial charge < -0.3 is 14.9 Å². The van der Waals surface area contributed by atoms with Crippen molar-refractivity contribution in [2.75, 3.05) is 37.6 Å². The first kappa shape index (κ1) is 18.0. The van der Waals surface area contributed by atoms with Crippen molar-refractivity contribution in [3.63, 3.8) is 0 Å². The number of carbonyl (C=O) groups is 1. The number of rotatable bonds is 3. The zero-order valence-electron chi connectivity index (χ0n) is 15.0. The number of amides is 1. The van der Waals surface area contributed by atoms with Crippen LogP contribution in [0.25, 0.3) is 0 Å². The van der Waals surface area contributed by atoms with Crippen LogP contribution in [0.1, 0.15) is 16.8 Å². The molecular weight excluding hydrogens is 366 g/mol. The number of nitrogens with zero attached hydrogens (tertiary/aromatic N) is 5. The normalized spacial score (nSPS) is 17.7. The summed E-state index contributed by atoms with van der Waals surface area (Å²) < 4.78 is 0. The number of aromatic nitrogens is 2. The van der Waals surface area contributed by atoms with Gasteiger partial charge in [0.25, 0.3) is 0 Å². The van der Waals surface area contributed by atoms with Gasteiger partial charge in [0.15, 0.2) is 0 Å². The summed E-state index contributed by atoms with van der Waals surface area (Å²) in [6.07, 6.45) is 0.00215. The summed E-state index contributed by atoms with van der Waals surface area (Å²) in [5.74, 6) is 0.870. The van der Waals surface area contributed by atoms with E-state index in [-0.39, 0.29) is 5.28 Å². The Bertz CT molecular complexity index is 824. The van der Waals surface area contributed by atoms with Crippen molar-refractivity contribution < 1.29 is 9.90 Å². The average Bonchev–Trinajstić information content (AvgIpc) is 2.68. The van der Waals surface area contributed by atoms with Crippen LogP contribution in [-0.2, 0) is 19.5 Å². The van der Waals surface area contributed by atoms with Crippen LogP contribution in [0.2, 0.25) is 5.28 Å². The predicted molar refractivity (Wildman–Crippen MR) is 103 cm³/mol. The molecular formula is C19H22ClN5O2. The Morgan fingerprint density at radius 1 is 1.07 bits per heavy atom. The first-order chi connectivity index (χ1) is 13.1. The lowest BCUT2D eigenvalue weighted by molar-refractivity contribution is 0.142. The van der Waals surface area contributed by atoms with Crippen LogP contribution in [0, 0.1) is 0 Å². The first-order valence-corrected chi connectivity index (χ1v) is 9.52. The van der Waals surface area contributed by atoms with Gasteiger partial charge in [-0.1, -0.05) is 30.3 Å². The van der Waals surface area contributed by atoms with Crippen LogP contribution in [0.4, 0.5) is 10.6 Å². The maximum Gasteiger partial charge on any atom is 0.407 e. The Hall–Kier alpha value is -2.38. The summed E-state index contributed by atoms with van der Waals surface area (Å²) in [6.45, 7) is 4.77. The van der Waals surface area contributed by atoms with Crippen LogP contribution in [0.3, 0.4) is 0 Å². The fourth-order valence-corrected chi connectivity index (χ4v) is 3.97. The molecule has 1 aromatic heterocycles. The Morgan fingerprint density at radius 3 is 2.52 bits per heavy atom. The van der Waals surface area contributed by atoms with Gasteiger partial charge in [0.05, 0.1) is 5.69 Å². The SMILES string of the molecule is O=C(O)N1CCN(c2nc(Cl)nc3c2CCN(Cc2ccccc2)C3)CC1. The fourth-order valence-electron chi connectivity index (χ4n) is 3.78. The second kappa shape index (κ2) is 7.70. The van der Waals surface area contributed by atoms with E-state index in [1.165, 1.54) is 10.5 Å². The van der Waals surface area contributed by atoms with Crippen molar-refractivity contribution in [2.24, 2.45) is 0 Å². The Morgan fingerprint density at radius 2 is 1.81 bits per heavy atom. The van der Waals surface area contributed by atoms with Crippen molar-refractivity contribution in [2.45, 2.75) is 19.5 Å². The number of halogens is 1. The molecule has 0 spiro atoms. The second-order valence-corrected chi connectivity index (χ2v) is 7.28. The number of carboxylic acid groups (broad SMARTS) is 1. The molecule has 0 radical (unpaired) electrons. The van der Waals surface area contributed by atoms with E-state index in [2.05, 4.69) is 44.0 Å². The summed E-state index contributed by atoms with van der Waals surface area (Å²) in [6, 6.07) is 10.4. The first-order valence-electron chi connectivity index (χ1n) is 9.14. The zero-order valence-corrected chi connectivity index (χ0v) is 15.8. The number of anilines is 1. The lowest BCUT2D eigenvalue weighted by Crippen LogP contribution is -2.49. The minimum Gasteiger partial charge on any atom is -0.465 e. The van der Waals surface area contributed by atoms with Crippen LogP contribution in [0.5, 0.6) is 0 Å². The third-order valence-electron chi connectivity index (χ3n) is 5.19. The third kappa shape index (κ3) is 3.99. The van der Waals surface area contributed by atoms with Crippen molar-refractivity contribution in [3.05, 3.63) is 52.4 Å². The van der Waals surface area contributed by atoms with E-state index in [0.717, 1.165) is 43.1 Å². The molecule has 2 aliphatic heterocycles. The molecule has 0 atom stereocenters. The fraction of sp³-hybridized carbons (Fsp3) is 0.421. The topological polar surface area (TPSA) is 72.8 Å². The Labute approximate surface area is 163 Å². The minimum absolute atomic E-state index is 0.256. The van der Waals surface area contributed by atoms with E-state index in [0.29, 0.717) is 26.2 Å². The van der Waals surface area contributed by atoms with Gasteiger partial charge in [-0.2, -0.15) is 0 Å². The zero-order chi connectivity index (χ0) is 18.8. The van der Waals surface area contributed by atoms with E-state index in [4.69, 9.17) is 16.7 Å².